The van der Waals surface area contributed by atoms with E-state index in [4.69, 9.17) is 0 Å². The van der Waals surface area contributed by atoms with Crippen LogP contribution < -0.4 is 5.32 Å². The quantitative estimate of drug-likeness (QED) is 0.909. The lowest BCUT2D eigenvalue weighted by atomic mass is 10.2. The summed E-state index contributed by atoms with van der Waals surface area (Å²) in [5, 5.41) is 2.34. The first-order valence-corrected chi connectivity index (χ1v) is 6.53. The number of hydrogen-bond acceptors (Lipinski definition) is 3. The van der Waals surface area contributed by atoms with Crippen molar-refractivity contribution in [3.63, 3.8) is 0 Å². The Hall–Kier alpha value is -1.11. The summed E-state index contributed by atoms with van der Waals surface area (Å²) in [5.41, 5.74) is -0.811. The maximum Gasteiger partial charge on any atom is 0.419 e. The van der Waals surface area contributed by atoms with Crippen molar-refractivity contribution in [1.29, 1.82) is 0 Å². The molecule has 1 rings (SSSR count). The second-order valence-electron chi connectivity index (χ2n) is 3.59. The van der Waals surface area contributed by atoms with E-state index in [0.29, 0.717) is 0 Å². The molecule has 0 saturated carbocycles. The highest BCUT2D eigenvalue weighted by Gasteiger charge is 2.34. The molecular formula is C10H13F3N2OS. The summed E-state index contributed by atoms with van der Waals surface area (Å²) in [7, 11) is -1.08. The third kappa shape index (κ3) is 3.99. The zero-order valence-electron chi connectivity index (χ0n) is 9.41. The van der Waals surface area contributed by atoms with Crippen molar-refractivity contribution in [3.8, 4) is 0 Å². The van der Waals surface area contributed by atoms with Gasteiger partial charge >= 0.3 is 6.18 Å². The second kappa shape index (κ2) is 5.48. The molecule has 3 nitrogen and oxygen atoms in total. The molecule has 7 heteroatoms. The second-order valence-corrected chi connectivity index (χ2v) is 5.39. The molecule has 0 spiro atoms. The van der Waals surface area contributed by atoms with E-state index in [1.165, 1.54) is 18.5 Å². The Morgan fingerprint density at radius 2 is 2.18 bits per heavy atom. The van der Waals surface area contributed by atoms with Gasteiger partial charge in [-0.05, 0) is 19.1 Å². The van der Waals surface area contributed by atoms with Crippen molar-refractivity contribution in [2.24, 2.45) is 0 Å². The molecule has 1 aromatic heterocycles. The van der Waals surface area contributed by atoms with Crippen LogP contribution in [-0.2, 0) is 17.0 Å². The fraction of sp³-hybridized carbons (Fsp3) is 0.500. The molecule has 0 amide bonds. The van der Waals surface area contributed by atoms with E-state index >= 15 is 0 Å². The van der Waals surface area contributed by atoms with Crippen molar-refractivity contribution in [3.05, 3.63) is 23.9 Å². The van der Waals surface area contributed by atoms with E-state index in [1.807, 2.05) is 0 Å². The zero-order valence-corrected chi connectivity index (χ0v) is 10.2. The predicted octanol–water partition coefficient (Wildman–Crippen LogP) is 2.28. The smallest absolute Gasteiger partial charge is 0.368 e. The lowest BCUT2D eigenvalue weighted by molar-refractivity contribution is -0.137. The topological polar surface area (TPSA) is 42.0 Å². The number of nitrogens with one attached hydrogen (secondary N) is 1. The molecular weight excluding hydrogens is 253 g/mol. The average Bonchev–Trinajstić information content (AvgIpc) is 2.24. The first kappa shape index (κ1) is 14.0. The van der Waals surface area contributed by atoms with Gasteiger partial charge < -0.3 is 5.32 Å². The number of aromatic nitrogens is 1. The van der Waals surface area contributed by atoms with E-state index in [1.54, 1.807) is 6.92 Å². The van der Waals surface area contributed by atoms with Crippen LogP contribution in [0.2, 0.25) is 0 Å². The fourth-order valence-corrected chi connectivity index (χ4v) is 1.45. The molecule has 0 bridgehead atoms. The van der Waals surface area contributed by atoms with Gasteiger partial charge in [-0.3, -0.25) is 4.21 Å². The van der Waals surface area contributed by atoms with E-state index in [2.05, 4.69) is 10.3 Å². The number of hydrogen-bond donors (Lipinski definition) is 1. The Labute approximate surface area is 99.9 Å². The molecule has 2 unspecified atom stereocenters. The maximum absolute atomic E-state index is 12.6. The monoisotopic (exact) mass is 266 g/mol. The molecule has 1 heterocycles. The Kier molecular flexibility index (Phi) is 4.50. The van der Waals surface area contributed by atoms with Gasteiger partial charge in [0, 0.05) is 35.0 Å². The van der Waals surface area contributed by atoms with Gasteiger partial charge in [0.05, 0.1) is 5.56 Å². The van der Waals surface area contributed by atoms with Crippen molar-refractivity contribution >= 4 is 16.6 Å². The van der Waals surface area contributed by atoms with Crippen LogP contribution in [0, 0.1) is 0 Å². The third-order valence-corrected chi connectivity index (χ3v) is 3.54. The molecule has 1 aromatic rings. The standard InChI is InChI=1S/C10H13F3N2OS/c1-7(17(2)16)6-15-9-8(10(11,12)13)4-3-5-14-9/h3-5,7H,6H2,1-2H3,(H,14,15). The van der Waals surface area contributed by atoms with Gasteiger partial charge in [-0.1, -0.05) is 0 Å². The molecule has 0 aromatic carbocycles. The number of rotatable bonds is 4. The van der Waals surface area contributed by atoms with Crippen LogP contribution >= 0.6 is 0 Å². The Balaban J connectivity index is 2.81. The summed E-state index contributed by atoms with van der Waals surface area (Å²) in [6, 6.07) is 2.19. The van der Waals surface area contributed by atoms with Gasteiger partial charge in [-0.15, -0.1) is 0 Å². The summed E-state index contributed by atoms with van der Waals surface area (Å²) in [5.74, 6) is -0.225. The fourth-order valence-electron chi connectivity index (χ4n) is 1.13. The zero-order chi connectivity index (χ0) is 13.1. The molecule has 0 radical (unpaired) electrons. The molecule has 1 N–H and O–H groups in total. The van der Waals surface area contributed by atoms with Crippen LogP contribution in [0.1, 0.15) is 12.5 Å². The SMILES string of the molecule is CC(CNc1ncccc1C(F)(F)F)S(C)=O. The van der Waals surface area contributed by atoms with E-state index in [-0.39, 0.29) is 17.6 Å². The first-order valence-electron chi connectivity index (χ1n) is 4.90. The van der Waals surface area contributed by atoms with Gasteiger partial charge in [0.15, 0.2) is 0 Å². The number of anilines is 1. The van der Waals surface area contributed by atoms with Gasteiger partial charge in [0.1, 0.15) is 5.82 Å². The lowest BCUT2D eigenvalue weighted by Crippen LogP contribution is -2.22. The number of nitrogens with zero attached hydrogens (tertiary/aromatic N) is 1. The first-order chi connectivity index (χ1) is 7.82. The van der Waals surface area contributed by atoms with Crippen molar-refractivity contribution in [2.75, 3.05) is 18.1 Å². The third-order valence-electron chi connectivity index (χ3n) is 2.24. The largest absolute Gasteiger partial charge is 0.419 e. The van der Waals surface area contributed by atoms with Crippen LogP contribution in [0.3, 0.4) is 0 Å². The highest BCUT2D eigenvalue weighted by atomic mass is 32.2. The number of halogens is 3. The minimum absolute atomic E-state index is 0.184. The summed E-state index contributed by atoms with van der Waals surface area (Å²) in [6.45, 7) is 1.88. The Morgan fingerprint density at radius 1 is 1.53 bits per heavy atom. The average molecular weight is 266 g/mol. The Morgan fingerprint density at radius 3 is 2.71 bits per heavy atom. The normalized spacial score (nSPS) is 15.4. The summed E-state index contributed by atoms with van der Waals surface area (Å²) in [4.78, 5) is 3.65. The van der Waals surface area contributed by atoms with E-state index in [0.717, 1.165) is 6.07 Å². The van der Waals surface area contributed by atoms with Crippen LogP contribution in [0.15, 0.2) is 18.3 Å². The predicted molar refractivity (Wildman–Crippen MR) is 61.3 cm³/mol. The number of pyridine rings is 1. The van der Waals surface area contributed by atoms with Crippen molar-refractivity contribution in [2.45, 2.75) is 18.3 Å². The molecule has 0 aliphatic rings. The van der Waals surface area contributed by atoms with Gasteiger partial charge in [0.2, 0.25) is 0 Å². The number of alkyl halides is 3. The molecule has 0 fully saturated rings. The molecule has 0 saturated heterocycles. The lowest BCUT2D eigenvalue weighted by Gasteiger charge is -2.15. The molecule has 96 valence electrons. The van der Waals surface area contributed by atoms with E-state index in [9.17, 15) is 17.4 Å². The van der Waals surface area contributed by atoms with Crippen molar-refractivity contribution in [1.82, 2.24) is 4.98 Å². The highest BCUT2D eigenvalue weighted by molar-refractivity contribution is 7.84. The minimum Gasteiger partial charge on any atom is -0.368 e. The highest BCUT2D eigenvalue weighted by Crippen LogP contribution is 2.33. The molecule has 17 heavy (non-hydrogen) atoms. The maximum atomic E-state index is 12.6. The van der Waals surface area contributed by atoms with Crippen LogP contribution in [0.5, 0.6) is 0 Å². The van der Waals surface area contributed by atoms with Crippen LogP contribution in [0.25, 0.3) is 0 Å². The van der Waals surface area contributed by atoms with Gasteiger partial charge in [-0.2, -0.15) is 13.2 Å². The van der Waals surface area contributed by atoms with Crippen molar-refractivity contribution < 1.29 is 17.4 Å². The molecule has 0 aliphatic carbocycles. The van der Waals surface area contributed by atoms with Crippen LogP contribution in [-0.4, -0.2) is 27.2 Å². The summed E-state index contributed by atoms with van der Waals surface area (Å²) >= 11 is 0. The van der Waals surface area contributed by atoms with Gasteiger partial charge in [-0.25, -0.2) is 4.98 Å². The summed E-state index contributed by atoms with van der Waals surface area (Å²) in [6.07, 6.45) is -1.65. The van der Waals surface area contributed by atoms with E-state index < -0.39 is 22.5 Å². The summed E-state index contributed by atoms with van der Waals surface area (Å²) < 4.78 is 48.8. The van der Waals surface area contributed by atoms with Crippen LogP contribution in [0.4, 0.5) is 19.0 Å². The molecule has 2 atom stereocenters. The minimum atomic E-state index is -4.44. The Bertz CT molecular complexity index is 409. The van der Waals surface area contributed by atoms with Gasteiger partial charge in [0.25, 0.3) is 0 Å². The molecule has 0 aliphatic heterocycles.